The Morgan fingerprint density at radius 1 is 1.23 bits per heavy atom. The van der Waals surface area contributed by atoms with Gasteiger partial charge in [-0.25, -0.2) is 18.9 Å². The van der Waals surface area contributed by atoms with Crippen molar-refractivity contribution >= 4 is 38.4 Å². The molecule has 8 heteroatoms. The number of benzene rings is 1. The number of piperazine rings is 1. The van der Waals surface area contributed by atoms with E-state index in [-0.39, 0.29) is 5.82 Å². The SMILES string of the molecule is Cc1nc2c(N3CCNCC3)nc3cc(F)c(Br)cc3n2n1. The number of aryl methyl sites for hydroxylation is 1. The molecule has 0 spiro atoms. The van der Waals surface area contributed by atoms with E-state index in [0.29, 0.717) is 21.5 Å². The van der Waals surface area contributed by atoms with E-state index in [1.54, 1.807) is 10.6 Å². The molecule has 1 aromatic carbocycles. The molecule has 3 heterocycles. The first kappa shape index (κ1) is 13.8. The molecule has 22 heavy (non-hydrogen) atoms. The molecule has 2 aromatic heterocycles. The lowest BCUT2D eigenvalue weighted by atomic mass is 10.3. The Morgan fingerprint density at radius 3 is 2.77 bits per heavy atom. The maximum atomic E-state index is 13.9. The summed E-state index contributed by atoms with van der Waals surface area (Å²) in [4.78, 5) is 11.3. The van der Waals surface area contributed by atoms with Crippen molar-refractivity contribution in [3.63, 3.8) is 0 Å². The predicted molar refractivity (Wildman–Crippen MR) is 85.8 cm³/mol. The van der Waals surface area contributed by atoms with Crippen molar-refractivity contribution in [2.24, 2.45) is 0 Å². The summed E-state index contributed by atoms with van der Waals surface area (Å²) in [6.45, 7) is 5.33. The van der Waals surface area contributed by atoms with Crippen LogP contribution in [0, 0.1) is 12.7 Å². The summed E-state index contributed by atoms with van der Waals surface area (Å²) in [5.74, 6) is 1.10. The highest BCUT2D eigenvalue weighted by Crippen LogP contribution is 2.27. The smallest absolute Gasteiger partial charge is 0.199 e. The summed E-state index contributed by atoms with van der Waals surface area (Å²) in [5.41, 5.74) is 2.03. The van der Waals surface area contributed by atoms with Crippen molar-refractivity contribution in [1.82, 2.24) is 24.9 Å². The van der Waals surface area contributed by atoms with Crippen molar-refractivity contribution < 1.29 is 4.39 Å². The Kier molecular flexibility index (Phi) is 3.23. The summed E-state index contributed by atoms with van der Waals surface area (Å²) in [6.07, 6.45) is 0. The zero-order valence-corrected chi connectivity index (χ0v) is 13.6. The fourth-order valence-electron chi connectivity index (χ4n) is 2.77. The fourth-order valence-corrected chi connectivity index (χ4v) is 3.10. The first-order valence-corrected chi connectivity index (χ1v) is 7.90. The van der Waals surface area contributed by atoms with Crippen LogP contribution in [0.2, 0.25) is 0 Å². The lowest BCUT2D eigenvalue weighted by Crippen LogP contribution is -2.44. The summed E-state index contributed by atoms with van der Waals surface area (Å²) in [7, 11) is 0. The summed E-state index contributed by atoms with van der Waals surface area (Å²) < 4.78 is 16.0. The average Bonchev–Trinajstić information content (AvgIpc) is 2.91. The Bertz CT molecular complexity index is 871. The molecule has 0 radical (unpaired) electrons. The lowest BCUT2D eigenvalue weighted by molar-refractivity contribution is 0.585. The molecule has 3 aromatic rings. The van der Waals surface area contributed by atoms with Gasteiger partial charge in [0.15, 0.2) is 11.5 Å². The van der Waals surface area contributed by atoms with Crippen molar-refractivity contribution in [3.8, 4) is 0 Å². The first-order valence-electron chi connectivity index (χ1n) is 7.11. The maximum Gasteiger partial charge on any atom is 0.199 e. The second-order valence-electron chi connectivity index (χ2n) is 5.32. The number of fused-ring (bicyclic) bond motifs is 3. The number of nitrogens with one attached hydrogen (secondary N) is 1. The molecular weight excluding hydrogens is 351 g/mol. The van der Waals surface area contributed by atoms with Crippen LogP contribution in [0.15, 0.2) is 16.6 Å². The Morgan fingerprint density at radius 2 is 2.00 bits per heavy atom. The third kappa shape index (κ3) is 2.14. The van der Waals surface area contributed by atoms with Gasteiger partial charge in [-0.1, -0.05) is 0 Å². The van der Waals surface area contributed by atoms with Crippen LogP contribution < -0.4 is 10.2 Å². The topological polar surface area (TPSA) is 58.4 Å². The molecule has 0 atom stereocenters. The second kappa shape index (κ2) is 5.13. The van der Waals surface area contributed by atoms with E-state index in [4.69, 9.17) is 0 Å². The van der Waals surface area contributed by atoms with Crippen LogP contribution in [0.5, 0.6) is 0 Å². The Hall–Kier alpha value is -1.80. The van der Waals surface area contributed by atoms with Crippen LogP contribution in [-0.4, -0.2) is 45.8 Å². The molecule has 0 amide bonds. The summed E-state index contributed by atoms with van der Waals surface area (Å²) in [5, 5.41) is 7.76. The van der Waals surface area contributed by atoms with Gasteiger partial charge in [-0.05, 0) is 28.9 Å². The monoisotopic (exact) mass is 364 g/mol. The van der Waals surface area contributed by atoms with Crippen molar-refractivity contribution in [2.45, 2.75) is 6.92 Å². The zero-order valence-electron chi connectivity index (χ0n) is 12.0. The average molecular weight is 365 g/mol. The van der Waals surface area contributed by atoms with Crippen LogP contribution in [0.4, 0.5) is 10.2 Å². The van der Waals surface area contributed by atoms with Crippen LogP contribution in [0.25, 0.3) is 16.7 Å². The van der Waals surface area contributed by atoms with Crippen LogP contribution in [-0.2, 0) is 0 Å². The van der Waals surface area contributed by atoms with E-state index >= 15 is 0 Å². The molecule has 114 valence electrons. The van der Waals surface area contributed by atoms with Gasteiger partial charge in [0.05, 0.1) is 15.5 Å². The van der Waals surface area contributed by atoms with E-state index in [0.717, 1.165) is 37.5 Å². The molecular formula is C14H14BrFN6. The van der Waals surface area contributed by atoms with Gasteiger partial charge in [0.1, 0.15) is 11.6 Å². The van der Waals surface area contributed by atoms with Gasteiger partial charge in [0.2, 0.25) is 0 Å². The van der Waals surface area contributed by atoms with Crippen molar-refractivity contribution in [1.29, 1.82) is 0 Å². The highest BCUT2D eigenvalue weighted by atomic mass is 79.9. The number of anilines is 1. The van der Waals surface area contributed by atoms with E-state index < -0.39 is 0 Å². The molecule has 1 N–H and O–H groups in total. The van der Waals surface area contributed by atoms with Gasteiger partial charge < -0.3 is 10.2 Å². The normalized spacial score (nSPS) is 15.9. The van der Waals surface area contributed by atoms with Crippen LogP contribution in [0.3, 0.4) is 0 Å². The highest BCUT2D eigenvalue weighted by Gasteiger charge is 2.20. The van der Waals surface area contributed by atoms with Crippen molar-refractivity contribution in [3.05, 3.63) is 28.2 Å². The molecule has 1 fully saturated rings. The maximum absolute atomic E-state index is 13.9. The number of nitrogens with zero attached hydrogens (tertiary/aromatic N) is 5. The van der Waals surface area contributed by atoms with Gasteiger partial charge >= 0.3 is 0 Å². The molecule has 1 aliphatic heterocycles. The third-order valence-electron chi connectivity index (χ3n) is 3.80. The minimum Gasteiger partial charge on any atom is -0.351 e. The first-order chi connectivity index (χ1) is 10.6. The molecule has 1 aliphatic rings. The highest BCUT2D eigenvalue weighted by molar-refractivity contribution is 9.10. The number of hydrogen-bond acceptors (Lipinski definition) is 5. The quantitative estimate of drug-likeness (QED) is 0.714. The van der Waals surface area contributed by atoms with Gasteiger partial charge in [-0.15, -0.1) is 0 Å². The molecule has 0 aliphatic carbocycles. The minimum absolute atomic E-state index is 0.331. The minimum atomic E-state index is -0.331. The van der Waals surface area contributed by atoms with Gasteiger partial charge in [-0.3, -0.25) is 0 Å². The predicted octanol–water partition coefficient (Wildman–Crippen LogP) is 1.90. The largest absolute Gasteiger partial charge is 0.351 e. The molecule has 4 rings (SSSR count). The zero-order chi connectivity index (χ0) is 15.3. The van der Waals surface area contributed by atoms with Crippen molar-refractivity contribution in [2.75, 3.05) is 31.1 Å². The number of rotatable bonds is 1. The molecule has 0 unspecified atom stereocenters. The van der Waals surface area contributed by atoms with Crippen LogP contribution in [0.1, 0.15) is 5.82 Å². The van der Waals surface area contributed by atoms with Gasteiger partial charge in [0.25, 0.3) is 0 Å². The number of hydrogen-bond donors (Lipinski definition) is 1. The number of halogens is 2. The van der Waals surface area contributed by atoms with Gasteiger partial charge in [0, 0.05) is 32.2 Å². The Balaban J connectivity index is 2.03. The lowest BCUT2D eigenvalue weighted by Gasteiger charge is -2.28. The second-order valence-corrected chi connectivity index (χ2v) is 6.18. The molecule has 6 nitrogen and oxygen atoms in total. The third-order valence-corrected chi connectivity index (χ3v) is 4.41. The summed E-state index contributed by atoms with van der Waals surface area (Å²) in [6, 6.07) is 3.13. The van der Waals surface area contributed by atoms with E-state index in [9.17, 15) is 4.39 Å². The van der Waals surface area contributed by atoms with Crippen LogP contribution >= 0.6 is 15.9 Å². The molecule has 0 saturated carbocycles. The molecule has 1 saturated heterocycles. The number of aromatic nitrogens is 4. The van der Waals surface area contributed by atoms with E-state index in [1.165, 1.54) is 6.07 Å². The Labute approximate surface area is 134 Å². The summed E-state index contributed by atoms with van der Waals surface area (Å²) >= 11 is 3.22. The van der Waals surface area contributed by atoms with E-state index in [2.05, 4.69) is 41.2 Å². The standard InChI is InChI=1S/C14H14BrFN6/c1-8-18-14-13(21-4-2-17-3-5-21)19-11-7-10(16)9(15)6-12(11)22(14)20-8/h6-7,17H,2-5H2,1H3. The van der Waals surface area contributed by atoms with E-state index in [1.807, 2.05) is 6.92 Å². The fraction of sp³-hybridized carbons (Fsp3) is 0.357. The van der Waals surface area contributed by atoms with Gasteiger partial charge in [-0.2, -0.15) is 5.10 Å². The molecule has 0 bridgehead atoms.